The van der Waals surface area contributed by atoms with E-state index in [0.29, 0.717) is 5.69 Å². The standard InChI is InChI=1S/C22H24ClN3O2/c1-6-25-20-9-14(2)16(10-18(20)15(3)12-22(25,4)5)13-24-17-7-8-19(23)21(11-17)26(27)28/h7-13H,6H2,1-5H3. The number of nitrogens with zero attached hydrogens (tertiary/aromatic N) is 3. The molecule has 0 spiro atoms. The Hall–Kier alpha value is -2.66. The molecule has 0 saturated heterocycles. The van der Waals surface area contributed by atoms with Gasteiger partial charge in [-0.15, -0.1) is 0 Å². The van der Waals surface area contributed by atoms with E-state index in [1.165, 1.54) is 29.0 Å². The smallest absolute Gasteiger partial charge is 0.290 e. The van der Waals surface area contributed by atoms with E-state index in [1.807, 2.05) is 0 Å². The van der Waals surface area contributed by atoms with Crippen LogP contribution in [0.2, 0.25) is 5.02 Å². The summed E-state index contributed by atoms with van der Waals surface area (Å²) in [4.78, 5) is 17.4. The van der Waals surface area contributed by atoms with Crippen LogP contribution in [0.5, 0.6) is 0 Å². The van der Waals surface area contributed by atoms with Crippen LogP contribution in [0, 0.1) is 17.0 Å². The van der Waals surface area contributed by atoms with Gasteiger partial charge in [-0.1, -0.05) is 17.7 Å². The highest BCUT2D eigenvalue weighted by Gasteiger charge is 2.30. The topological polar surface area (TPSA) is 58.7 Å². The molecule has 0 saturated carbocycles. The first kappa shape index (κ1) is 20.1. The first-order valence-electron chi connectivity index (χ1n) is 9.24. The molecule has 28 heavy (non-hydrogen) atoms. The Labute approximate surface area is 170 Å². The van der Waals surface area contributed by atoms with E-state index >= 15 is 0 Å². The number of aliphatic imine (C=N–C) groups is 1. The molecule has 1 aliphatic heterocycles. The number of anilines is 1. The fourth-order valence-corrected chi connectivity index (χ4v) is 4.01. The predicted molar refractivity (Wildman–Crippen MR) is 117 cm³/mol. The molecular weight excluding hydrogens is 374 g/mol. The SMILES string of the molecule is CCN1c2cc(C)c(C=Nc3ccc(Cl)c([N+](=O)[O-])c3)cc2C(C)=CC1(C)C. The van der Waals surface area contributed by atoms with Gasteiger partial charge in [0.1, 0.15) is 5.02 Å². The van der Waals surface area contributed by atoms with Crippen molar-refractivity contribution in [2.75, 3.05) is 11.4 Å². The van der Waals surface area contributed by atoms with E-state index in [0.717, 1.165) is 17.7 Å². The van der Waals surface area contributed by atoms with Gasteiger partial charge < -0.3 is 4.90 Å². The average Bonchev–Trinajstić information content (AvgIpc) is 2.60. The van der Waals surface area contributed by atoms with Crippen LogP contribution in [0.1, 0.15) is 44.4 Å². The third-order valence-electron chi connectivity index (χ3n) is 5.16. The number of benzene rings is 2. The van der Waals surface area contributed by atoms with Crippen LogP contribution in [0.3, 0.4) is 0 Å². The molecule has 0 aromatic heterocycles. The molecule has 0 bridgehead atoms. The Morgan fingerprint density at radius 1 is 1.25 bits per heavy atom. The lowest BCUT2D eigenvalue weighted by Crippen LogP contribution is -2.45. The maximum absolute atomic E-state index is 11.1. The Balaban J connectivity index is 2.02. The number of halogens is 1. The van der Waals surface area contributed by atoms with Gasteiger partial charge >= 0.3 is 0 Å². The number of hydrogen-bond acceptors (Lipinski definition) is 4. The molecule has 1 heterocycles. The van der Waals surface area contributed by atoms with Crippen molar-refractivity contribution in [3.63, 3.8) is 0 Å². The van der Waals surface area contributed by atoms with Crippen LogP contribution in [0.15, 0.2) is 41.4 Å². The first-order valence-corrected chi connectivity index (χ1v) is 9.62. The lowest BCUT2D eigenvalue weighted by atomic mass is 9.87. The molecule has 0 atom stereocenters. The van der Waals surface area contributed by atoms with Crippen LogP contribution in [-0.4, -0.2) is 23.2 Å². The highest BCUT2D eigenvalue weighted by Crippen LogP contribution is 2.40. The molecule has 5 nitrogen and oxygen atoms in total. The summed E-state index contributed by atoms with van der Waals surface area (Å²) in [5, 5.41) is 11.2. The summed E-state index contributed by atoms with van der Waals surface area (Å²) in [5.74, 6) is 0. The van der Waals surface area contributed by atoms with Crippen LogP contribution < -0.4 is 4.90 Å². The van der Waals surface area contributed by atoms with E-state index in [4.69, 9.17) is 11.6 Å². The summed E-state index contributed by atoms with van der Waals surface area (Å²) < 4.78 is 0. The van der Waals surface area contributed by atoms with Gasteiger partial charge in [-0.25, -0.2) is 0 Å². The van der Waals surface area contributed by atoms with Crippen molar-refractivity contribution < 1.29 is 4.92 Å². The zero-order valence-electron chi connectivity index (χ0n) is 16.8. The fourth-order valence-electron chi connectivity index (χ4n) is 3.83. The van der Waals surface area contributed by atoms with Crippen LogP contribution in [0.4, 0.5) is 17.1 Å². The quantitative estimate of drug-likeness (QED) is 0.344. The predicted octanol–water partition coefficient (Wildman–Crippen LogP) is 6.33. The molecule has 1 aliphatic rings. The highest BCUT2D eigenvalue weighted by atomic mass is 35.5. The van der Waals surface area contributed by atoms with Crippen molar-refractivity contribution >= 4 is 40.5 Å². The third kappa shape index (κ3) is 3.67. The van der Waals surface area contributed by atoms with E-state index < -0.39 is 4.92 Å². The second-order valence-corrected chi connectivity index (χ2v) is 8.01. The molecule has 2 aromatic rings. The first-order chi connectivity index (χ1) is 13.1. The number of allylic oxidation sites excluding steroid dienone is 1. The number of rotatable bonds is 4. The van der Waals surface area contributed by atoms with Gasteiger partial charge in [0.05, 0.1) is 16.1 Å². The Morgan fingerprint density at radius 3 is 2.61 bits per heavy atom. The van der Waals surface area contributed by atoms with Gasteiger partial charge in [0.25, 0.3) is 5.69 Å². The molecule has 0 N–H and O–H groups in total. The molecule has 0 radical (unpaired) electrons. The lowest BCUT2D eigenvalue weighted by molar-refractivity contribution is -0.384. The summed E-state index contributed by atoms with van der Waals surface area (Å²) in [6.45, 7) is 11.7. The minimum Gasteiger partial charge on any atom is -0.363 e. The number of likely N-dealkylation sites (N-methyl/N-ethyl adjacent to an activating group) is 1. The average molecular weight is 398 g/mol. The summed E-state index contributed by atoms with van der Waals surface area (Å²) in [6, 6.07) is 8.90. The Bertz CT molecular complexity index is 1010. The van der Waals surface area contributed by atoms with Crippen molar-refractivity contribution in [1.29, 1.82) is 0 Å². The molecule has 2 aromatic carbocycles. The van der Waals surface area contributed by atoms with Gasteiger partial charge in [0.15, 0.2) is 0 Å². The largest absolute Gasteiger partial charge is 0.363 e. The molecule has 0 aliphatic carbocycles. The van der Waals surface area contributed by atoms with Crippen LogP contribution in [0.25, 0.3) is 5.57 Å². The number of fused-ring (bicyclic) bond motifs is 1. The van der Waals surface area contributed by atoms with Gasteiger partial charge in [-0.3, -0.25) is 15.1 Å². The molecule has 0 fully saturated rings. The second-order valence-electron chi connectivity index (χ2n) is 7.60. The minimum atomic E-state index is -0.499. The molecule has 0 unspecified atom stereocenters. The van der Waals surface area contributed by atoms with Gasteiger partial charge in [-0.2, -0.15) is 0 Å². The van der Waals surface area contributed by atoms with Gasteiger partial charge in [0.2, 0.25) is 0 Å². The second kappa shape index (κ2) is 7.40. The van der Waals surface area contributed by atoms with Crippen LogP contribution in [-0.2, 0) is 0 Å². The van der Waals surface area contributed by atoms with E-state index in [2.05, 4.69) is 62.7 Å². The Morgan fingerprint density at radius 2 is 1.96 bits per heavy atom. The van der Waals surface area contributed by atoms with Crippen molar-refractivity contribution in [3.8, 4) is 0 Å². The third-order valence-corrected chi connectivity index (χ3v) is 5.48. The van der Waals surface area contributed by atoms with E-state index in [-0.39, 0.29) is 16.2 Å². The summed E-state index contributed by atoms with van der Waals surface area (Å²) in [7, 11) is 0. The zero-order valence-corrected chi connectivity index (χ0v) is 17.5. The molecule has 6 heteroatoms. The number of nitro benzene ring substituents is 1. The lowest BCUT2D eigenvalue weighted by Gasteiger charge is -2.43. The molecule has 146 valence electrons. The maximum atomic E-state index is 11.1. The Kier molecular flexibility index (Phi) is 5.31. The summed E-state index contributed by atoms with van der Waals surface area (Å²) >= 11 is 5.88. The monoisotopic (exact) mass is 397 g/mol. The van der Waals surface area contributed by atoms with Crippen molar-refractivity contribution in [2.45, 2.75) is 40.2 Å². The van der Waals surface area contributed by atoms with Crippen LogP contribution >= 0.6 is 11.6 Å². The van der Waals surface area contributed by atoms with Crippen molar-refractivity contribution in [2.24, 2.45) is 4.99 Å². The fraction of sp³-hybridized carbons (Fsp3) is 0.318. The molecule has 3 rings (SSSR count). The van der Waals surface area contributed by atoms with Gasteiger partial charge in [0, 0.05) is 30.1 Å². The van der Waals surface area contributed by atoms with E-state index in [9.17, 15) is 10.1 Å². The van der Waals surface area contributed by atoms with Gasteiger partial charge in [-0.05, 0) is 75.6 Å². The number of nitro groups is 1. The van der Waals surface area contributed by atoms with E-state index in [1.54, 1.807) is 12.3 Å². The maximum Gasteiger partial charge on any atom is 0.290 e. The van der Waals surface area contributed by atoms with Crippen molar-refractivity contribution in [1.82, 2.24) is 0 Å². The minimum absolute atomic E-state index is 0.0316. The zero-order chi connectivity index (χ0) is 20.6. The highest BCUT2D eigenvalue weighted by molar-refractivity contribution is 6.32. The molecule has 0 amide bonds. The van der Waals surface area contributed by atoms with Crippen molar-refractivity contribution in [3.05, 3.63) is 68.2 Å². The summed E-state index contributed by atoms with van der Waals surface area (Å²) in [6.07, 6.45) is 4.05. The molecular formula is C22H24ClN3O2. The summed E-state index contributed by atoms with van der Waals surface area (Å²) in [5.41, 5.74) is 6.07. The number of aryl methyl sites for hydroxylation is 1. The normalized spacial score (nSPS) is 15.5. The number of hydrogen-bond donors (Lipinski definition) is 0.